The number of benzene rings is 2. The highest BCUT2D eigenvalue weighted by Crippen LogP contribution is 2.34. The minimum atomic E-state index is -0.590. The average Bonchev–Trinajstić information content (AvgIpc) is 2.70. The van der Waals surface area contributed by atoms with Crippen molar-refractivity contribution in [3.05, 3.63) is 61.9 Å². The fourth-order valence-corrected chi connectivity index (χ4v) is 3.36. The first-order chi connectivity index (χ1) is 13.9. The third-order valence-electron chi connectivity index (χ3n) is 4.41. The minimum Gasteiger partial charge on any atom is -0.460 e. The van der Waals surface area contributed by atoms with Crippen molar-refractivity contribution in [3.63, 3.8) is 0 Å². The number of anilines is 1. The second kappa shape index (κ2) is 9.29. The number of ether oxygens (including phenoxy) is 3. The molecule has 2 aromatic carbocycles. The molecule has 0 saturated heterocycles. The number of amides is 1. The normalized spacial score (nSPS) is 13.3. The van der Waals surface area contributed by atoms with Gasteiger partial charge in [0.05, 0.1) is 28.3 Å². The Labute approximate surface area is 174 Å². The average molecular weight is 469 g/mol. The van der Waals surface area contributed by atoms with Crippen molar-refractivity contribution in [1.29, 1.82) is 0 Å². The van der Waals surface area contributed by atoms with E-state index in [9.17, 15) is 19.3 Å². The monoisotopic (exact) mass is 468 g/mol. The molecule has 1 amide bonds. The van der Waals surface area contributed by atoms with Gasteiger partial charge >= 0.3 is 5.69 Å². The molecule has 8 nitrogen and oxygen atoms in total. The van der Waals surface area contributed by atoms with Crippen molar-refractivity contribution in [2.45, 2.75) is 6.42 Å². The van der Waals surface area contributed by atoms with E-state index in [4.69, 9.17) is 14.2 Å². The number of rotatable bonds is 8. The third-order valence-corrected chi connectivity index (χ3v) is 5.01. The molecule has 0 aliphatic carbocycles. The van der Waals surface area contributed by atoms with Crippen LogP contribution >= 0.6 is 15.9 Å². The summed E-state index contributed by atoms with van der Waals surface area (Å²) in [6.45, 7) is 0.811. The summed E-state index contributed by atoms with van der Waals surface area (Å²) in [4.78, 5) is 25.1. The molecule has 0 N–H and O–H groups in total. The number of nitro benzene ring substituents is 1. The molecule has 29 heavy (non-hydrogen) atoms. The molecule has 0 spiro atoms. The largest absolute Gasteiger partial charge is 0.460 e. The van der Waals surface area contributed by atoms with E-state index in [2.05, 4.69) is 15.9 Å². The summed E-state index contributed by atoms with van der Waals surface area (Å²) < 4.78 is 29.5. The van der Waals surface area contributed by atoms with Gasteiger partial charge < -0.3 is 19.1 Å². The van der Waals surface area contributed by atoms with Gasteiger partial charge in [0.25, 0.3) is 5.91 Å². The van der Waals surface area contributed by atoms with Crippen molar-refractivity contribution in [3.8, 4) is 5.75 Å². The van der Waals surface area contributed by atoms with Gasteiger partial charge in [-0.15, -0.1) is 0 Å². The molecule has 0 atom stereocenters. The molecule has 2 aromatic rings. The van der Waals surface area contributed by atoms with Crippen LogP contribution in [-0.4, -0.2) is 44.5 Å². The van der Waals surface area contributed by atoms with Crippen LogP contribution in [0.4, 0.5) is 15.8 Å². The van der Waals surface area contributed by atoms with E-state index in [1.54, 1.807) is 12.1 Å². The van der Waals surface area contributed by atoms with Crippen LogP contribution in [0, 0.1) is 15.9 Å². The maximum absolute atomic E-state index is 13.9. The minimum absolute atomic E-state index is 0.0241. The molecule has 10 heteroatoms. The lowest BCUT2D eigenvalue weighted by atomic mass is 9.98. The summed E-state index contributed by atoms with van der Waals surface area (Å²) in [5.74, 6) is -0.929. The zero-order chi connectivity index (χ0) is 21.0. The van der Waals surface area contributed by atoms with Crippen LogP contribution in [0.5, 0.6) is 5.75 Å². The van der Waals surface area contributed by atoms with Gasteiger partial charge in [0.15, 0.2) is 12.5 Å². The number of fused-ring (bicyclic) bond motifs is 1. The Morgan fingerprint density at radius 3 is 2.79 bits per heavy atom. The fourth-order valence-electron chi connectivity index (χ4n) is 2.96. The molecule has 0 aromatic heterocycles. The van der Waals surface area contributed by atoms with Crippen LogP contribution in [0.1, 0.15) is 15.9 Å². The molecule has 154 valence electrons. The summed E-state index contributed by atoms with van der Waals surface area (Å²) in [6.07, 6.45) is 0.499. The molecular weight excluding hydrogens is 451 g/mol. The van der Waals surface area contributed by atoms with Gasteiger partial charge in [-0.3, -0.25) is 14.9 Å². The van der Waals surface area contributed by atoms with E-state index in [1.165, 1.54) is 30.2 Å². The van der Waals surface area contributed by atoms with Gasteiger partial charge in [-0.05, 0) is 52.2 Å². The molecule has 0 unspecified atom stereocenters. The van der Waals surface area contributed by atoms with Crippen LogP contribution in [0.2, 0.25) is 0 Å². The maximum Gasteiger partial charge on any atom is 0.313 e. The number of nitro groups is 1. The van der Waals surface area contributed by atoms with Gasteiger partial charge in [-0.25, -0.2) is 4.39 Å². The van der Waals surface area contributed by atoms with Crippen LogP contribution in [0.25, 0.3) is 0 Å². The standard InChI is InChI=1S/C19H18BrFN2O6/c1-27-6-7-28-11-29-18-3-2-13(9-17(18)23(25)26)22-5-4-12-8-15(20)16(21)10-14(12)19(22)24/h2-3,8-10H,4-7,11H2,1H3. The predicted octanol–water partition coefficient (Wildman–Crippen LogP) is 3.70. The SMILES string of the molecule is COCCOCOc1ccc(N2CCc3cc(Br)c(F)cc3C2=O)cc1[N+](=O)[O-]. The van der Waals surface area contributed by atoms with Crippen molar-refractivity contribution in [2.24, 2.45) is 0 Å². The smallest absolute Gasteiger partial charge is 0.313 e. The van der Waals surface area contributed by atoms with Crippen LogP contribution in [0.3, 0.4) is 0 Å². The van der Waals surface area contributed by atoms with Crippen LogP contribution in [-0.2, 0) is 15.9 Å². The number of halogens is 2. The summed E-state index contributed by atoms with van der Waals surface area (Å²) in [5, 5.41) is 11.5. The quantitative estimate of drug-likeness (QED) is 0.254. The summed E-state index contributed by atoms with van der Waals surface area (Å²) in [6, 6.07) is 7.00. The lowest BCUT2D eigenvalue weighted by Gasteiger charge is -2.29. The topological polar surface area (TPSA) is 91.1 Å². The fraction of sp³-hybridized carbons (Fsp3) is 0.316. The first-order valence-corrected chi connectivity index (χ1v) is 9.49. The number of hydrogen-bond donors (Lipinski definition) is 0. The van der Waals surface area contributed by atoms with Gasteiger partial charge in [0, 0.05) is 25.3 Å². The molecule has 1 heterocycles. The molecule has 0 radical (unpaired) electrons. The van der Waals surface area contributed by atoms with E-state index >= 15 is 0 Å². The zero-order valence-corrected chi connectivity index (χ0v) is 17.1. The van der Waals surface area contributed by atoms with E-state index in [0.29, 0.717) is 29.7 Å². The summed E-state index contributed by atoms with van der Waals surface area (Å²) in [7, 11) is 1.53. The highest BCUT2D eigenvalue weighted by molar-refractivity contribution is 9.10. The molecule has 1 aliphatic heterocycles. The lowest BCUT2D eigenvalue weighted by Crippen LogP contribution is -2.37. The molecular formula is C19H18BrFN2O6. The number of hydrogen-bond acceptors (Lipinski definition) is 6. The van der Waals surface area contributed by atoms with Gasteiger partial charge in [0.2, 0.25) is 0 Å². The van der Waals surface area contributed by atoms with Gasteiger partial charge in [-0.2, -0.15) is 0 Å². The Bertz CT molecular complexity index is 939. The van der Waals surface area contributed by atoms with E-state index in [-0.39, 0.29) is 30.4 Å². The van der Waals surface area contributed by atoms with Crippen molar-refractivity contribution in [1.82, 2.24) is 0 Å². The van der Waals surface area contributed by atoms with Gasteiger partial charge in [-0.1, -0.05) is 0 Å². The second-order valence-electron chi connectivity index (χ2n) is 6.20. The van der Waals surface area contributed by atoms with Crippen molar-refractivity contribution < 1.29 is 28.3 Å². The Morgan fingerprint density at radius 2 is 2.07 bits per heavy atom. The van der Waals surface area contributed by atoms with Crippen LogP contribution in [0.15, 0.2) is 34.8 Å². The summed E-state index contributed by atoms with van der Waals surface area (Å²) in [5.41, 5.74) is 1.01. The number of carbonyl (C=O) groups excluding carboxylic acids is 1. The number of carbonyl (C=O) groups is 1. The number of methoxy groups -OCH3 is 1. The second-order valence-corrected chi connectivity index (χ2v) is 7.06. The molecule has 1 aliphatic rings. The highest BCUT2D eigenvalue weighted by atomic mass is 79.9. The lowest BCUT2D eigenvalue weighted by molar-refractivity contribution is -0.386. The zero-order valence-electron chi connectivity index (χ0n) is 15.5. The van der Waals surface area contributed by atoms with Crippen molar-refractivity contribution >= 4 is 33.2 Å². The Balaban J connectivity index is 1.82. The van der Waals surface area contributed by atoms with E-state index in [0.717, 1.165) is 5.56 Å². The molecule has 0 fully saturated rings. The van der Waals surface area contributed by atoms with E-state index < -0.39 is 16.6 Å². The molecule has 3 rings (SSSR count). The highest BCUT2D eigenvalue weighted by Gasteiger charge is 2.28. The maximum atomic E-state index is 13.9. The number of nitrogens with zero attached hydrogens (tertiary/aromatic N) is 2. The Morgan fingerprint density at radius 1 is 1.28 bits per heavy atom. The van der Waals surface area contributed by atoms with Crippen LogP contribution < -0.4 is 9.64 Å². The van der Waals surface area contributed by atoms with E-state index in [1.807, 2.05) is 0 Å². The third kappa shape index (κ3) is 4.72. The Kier molecular flexibility index (Phi) is 6.78. The molecule has 0 saturated carbocycles. The van der Waals surface area contributed by atoms with Crippen molar-refractivity contribution in [2.75, 3.05) is 38.6 Å². The first kappa shape index (κ1) is 21.2. The first-order valence-electron chi connectivity index (χ1n) is 8.70. The summed E-state index contributed by atoms with van der Waals surface area (Å²) >= 11 is 3.12. The van der Waals surface area contributed by atoms with Gasteiger partial charge in [0.1, 0.15) is 5.82 Å². The Hall–Kier alpha value is -2.56. The molecule has 0 bridgehead atoms. The predicted molar refractivity (Wildman–Crippen MR) is 106 cm³/mol.